The van der Waals surface area contributed by atoms with Gasteiger partial charge in [-0.3, -0.25) is 4.99 Å². The summed E-state index contributed by atoms with van der Waals surface area (Å²) >= 11 is 0. The molecule has 3 nitrogen and oxygen atoms in total. The summed E-state index contributed by atoms with van der Waals surface area (Å²) in [5, 5.41) is 6.06. The number of benzene rings is 4. The second kappa shape index (κ2) is 11.7. The zero-order valence-corrected chi connectivity index (χ0v) is 23.6. The normalized spacial score (nSPS) is 11.7. The molecule has 0 bridgehead atoms. The number of aliphatic imine (C=N–C) groups is 1. The molecule has 0 spiro atoms. The molecule has 4 aromatic carbocycles. The van der Waals surface area contributed by atoms with Crippen molar-refractivity contribution in [2.24, 2.45) is 4.99 Å². The van der Waals surface area contributed by atoms with E-state index in [0.717, 1.165) is 28.3 Å². The van der Waals surface area contributed by atoms with Crippen LogP contribution in [0.2, 0.25) is 0 Å². The molecule has 0 radical (unpaired) electrons. The molecule has 1 N–H and O–H groups in total. The highest BCUT2D eigenvalue weighted by atomic mass is 14.9. The van der Waals surface area contributed by atoms with Gasteiger partial charge in [-0.2, -0.15) is 0 Å². The van der Waals surface area contributed by atoms with Gasteiger partial charge in [0.2, 0.25) is 0 Å². The number of fused-ring (bicyclic) bond motifs is 1. The average molecular weight is 512 g/mol. The smallest absolute Gasteiger partial charge is 0.0820 e. The summed E-state index contributed by atoms with van der Waals surface area (Å²) in [6, 6.07) is 34.1. The van der Waals surface area contributed by atoms with Gasteiger partial charge in [-0.1, -0.05) is 107 Å². The van der Waals surface area contributed by atoms with E-state index in [0.29, 0.717) is 18.4 Å². The number of aryl methyl sites for hydroxylation is 1. The maximum Gasteiger partial charge on any atom is 0.0820 e. The van der Waals surface area contributed by atoms with Gasteiger partial charge in [0.15, 0.2) is 0 Å². The number of nitrogens with zero attached hydrogens (tertiary/aromatic N) is 2. The lowest BCUT2D eigenvalue weighted by atomic mass is 9.93. The number of aromatic nitrogens is 1. The van der Waals surface area contributed by atoms with Gasteiger partial charge in [0.25, 0.3) is 0 Å². The summed E-state index contributed by atoms with van der Waals surface area (Å²) < 4.78 is 0. The first-order chi connectivity index (χ1) is 18.9. The van der Waals surface area contributed by atoms with Crippen LogP contribution in [0.25, 0.3) is 22.0 Å². The molecule has 3 heteroatoms. The SMILES string of the molecule is Cc1ccccc1NCc1ccc2ccccc2c1-c1cccc(/C=N\c2c(C(C)C)cccc2C(C)C)n1. The van der Waals surface area contributed by atoms with E-state index in [-0.39, 0.29) is 0 Å². The van der Waals surface area contributed by atoms with Crippen molar-refractivity contribution >= 4 is 28.4 Å². The minimum atomic E-state index is 0.397. The monoisotopic (exact) mass is 511 g/mol. The standard InChI is InChI=1S/C36H37N3/c1-24(2)30-16-11-17-31(25(3)4)36(30)38-23-29-14-10-19-34(39-29)35-28(21-20-27-13-7-8-15-32(27)35)22-37-33-18-9-6-12-26(33)5/h6-21,23-25,37H,22H2,1-5H3/b38-23-. The highest BCUT2D eigenvalue weighted by molar-refractivity contribution is 5.98. The molecule has 1 heterocycles. The van der Waals surface area contributed by atoms with Crippen molar-refractivity contribution in [2.75, 3.05) is 5.32 Å². The average Bonchev–Trinajstić information content (AvgIpc) is 2.95. The number of anilines is 1. The number of hydrogen-bond donors (Lipinski definition) is 1. The lowest BCUT2D eigenvalue weighted by Gasteiger charge is -2.16. The second-order valence-corrected chi connectivity index (χ2v) is 10.8. The molecule has 0 atom stereocenters. The highest BCUT2D eigenvalue weighted by Gasteiger charge is 2.14. The Morgan fingerprint density at radius 2 is 1.44 bits per heavy atom. The van der Waals surface area contributed by atoms with Gasteiger partial charge < -0.3 is 5.32 Å². The summed E-state index contributed by atoms with van der Waals surface area (Å²) in [4.78, 5) is 10.1. The molecular formula is C36H37N3. The molecule has 1 aromatic heterocycles. The van der Waals surface area contributed by atoms with Crippen molar-refractivity contribution in [1.82, 2.24) is 4.98 Å². The van der Waals surface area contributed by atoms with Crippen molar-refractivity contribution in [3.8, 4) is 11.3 Å². The lowest BCUT2D eigenvalue weighted by Crippen LogP contribution is -2.04. The van der Waals surface area contributed by atoms with Gasteiger partial charge in [0.05, 0.1) is 23.3 Å². The molecule has 0 saturated carbocycles. The first kappa shape index (κ1) is 26.4. The predicted molar refractivity (Wildman–Crippen MR) is 168 cm³/mol. The van der Waals surface area contributed by atoms with Crippen LogP contribution in [0.15, 0.2) is 102 Å². The number of hydrogen-bond acceptors (Lipinski definition) is 3. The maximum absolute atomic E-state index is 5.11. The van der Waals surface area contributed by atoms with E-state index in [9.17, 15) is 0 Å². The molecule has 0 amide bonds. The first-order valence-corrected chi connectivity index (χ1v) is 13.9. The molecule has 0 unspecified atom stereocenters. The fraction of sp³-hybridized carbons (Fsp3) is 0.222. The van der Waals surface area contributed by atoms with Gasteiger partial charge in [0.1, 0.15) is 0 Å². The fourth-order valence-electron chi connectivity index (χ4n) is 5.18. The fourth-order valence-corrected chi connectivity index (χ4v) is 5.18. The van der Waals surface area contributed by atoms with E-state index >= 15 is 0 Å². The third-order valence-corrected chi connectivity index (χ3v) is 7.32. The molecule has 5 rings (SSSR count). The Labute approximate surface area is 232 Å². The van der Waals surface area contributed by atoms with Crippen LogP contribution in [-0.4, -0.2) is 11.2 Å². The summed E-state index contributed by atoms with van der Waals surface area (Å²) in [6.07, 6.45) is 1.92. The molecule has 0 aliphatic carbocycles. The zero-order chi connectivity index (χ0) is 27.4. The van der Waals surface area contributed by atoms with Crippen molar-refractivity contribution in [1.29, 1.82) is 0 Å². The van der Waals surface area contributed by atoms with Crippen molar-refractivity contribution in [2.45, 2.75) is 53.0 Å². The molecule has 0 aliphatic heterocycles. The Hall–Kier alpha value is -4.24. The van der Waals surface area contributed by atoms with Crippen molar-refractivity contribution in [3.63, 3.8) is 0 Å². The minimum absolute atomic E-state index is 0.397. The van der Waals surface area contributed by atoms with Crippen molar-refractivity contribution < 1.29 is 0 Å². The summed E-state index contributed by atoms with van der Waals surface area (Å²) in [5.74, 6) is 0.795. The molecule has 196 valence electrons. The third kappa shape index (κ3) is 5.78. The van der Waals surface area contributed by atoms with Crippen LogP contribution in [0.4, 0.5) is 11.4 Å². The quantitative estimate of drug-likeness (QED) is 0.210. The molecule has 5 aromatic rings. The lowest BCUT2D eigenvalue weighted by molar-refractivity contribution is 0.835. The molecule has 39 heavy (non-hydrogen) atoms. The van der Waals surface area contributed by atoms with Crippen LogP contribution in [-0.2, 0) is 6.54 Å². The predicted octanol–water partition coefficient (Wildman–Crippen LogP) is 9.82. The second-order valence-electron chi connectivity index (χ2n) is 10.8. The summed E-state index contributed by atoms with van der Waals surface area (Å²) in [7, 11) is 0. The van der Waals surface area contributed by atoms with Crippen LogP contribution >= 0.6 is 0 Å². The van der Waals surface area contributed by atoms with Crippen LogP contribution < -0.4 is 5.32 Å². The Bertz CT molecular complexity index is 1600. The van der Waals surface area contributed by atoms with E-state index in [2.05, 4.69) is 131 Å². The maximum atomic E-state index is 5.11. The van der Waals surface area contributed by atoms with Crippen LogP contribution in [0, 0.1) is 6.92 Å². The number of pyridine rings is 1. The van der Waals surface area contributed by atoms with Gasteiger partial charge in [-0.15, -0.1) is 0 Å². The summed E-state index contributed by atoms with van der Waals surface area (Å²) in [6.45, 7) is 11.8. The summed E-state index contributed by atoms with van der Waals surface area (Å²) in [5.41, 5.74) is 10.2. The Morgan fingerprint density at radius 1 is 0.744 bits per heavy atom. The van der Waals surface area contributed by atoms with E-state index < -0.39 is 0 Å². The van der Waals surface area contributed by atoms with Crippen molar-refractivity contribution in [3.05, 3.63) is 125 Å². The van der Waals surface area contributed by atoms with E-state index in [1.165, 1.54) is 33.0 Å². The number of para-hydroxylation sites is 2. The molecule has 0 fully saturated rings. The van der Waals surface area contributed by atoms with E-state index in [1.807, 2.05) is 12.3 Å². The number of nitrogens with one attached hydrogen (secondary N) is 1. The van der Waals surface area contributed by atoms with E-state index in [4.69, 9.17) is 9.98 Å². The van der Waals surface area contributed by atoms with Gasteiger partial charge in [-0.25, -0.2) is 4.98 Å². The van der Waals surface area contributed by atoms with Crippen LogP contribution in [0.3, 0.4) is 0 Å². The first-order valence-electron chi connectivity index (χ1n) is 13.9. The van der Waals surface area contributed by atoms with Crippen LogP contribution in [0.5, 0.6) is 0 Å². The topological polar surface area (TPSA) is 37.3 Å². The highest BCUT2D eigenvalue weighted by Crippen LogP contribution is 2.35. The van der Waals surface area contributed by atoms with Crippen LogP contribution in [0.1, 0.15) is 67.5 Å². The Kier molecular flexibility index (Phi) is 7.88. The Morgan fingerprint density at radius 3 is 2.18 bits per heavy atom. The largest absolute Gasteiger partial charge is 0.381 e. The minimum Gasteiger partial charge on any atom is -0.381 e. The molecule has 0 saturated heterocycles. The number of rotatable bonds is 8. The van der Waals surface area contributed by atoms with Gasteiger partial charge >= 0.3 is 0 Å². The molecule has 0 aliphatic rings. The molecular weight excluding hydrogens is 474 g/mol. The van der Waals surface area contributed by atoms with Gasteiger partial charge in [0, 0.05) is 17.8 Å². The van der Waals surface area contributed by atoms with Gasteiger partial charge in [-0.05, 0) is 70.0 Å². The third-order valence-electron chi connectivity index (χ3n) is 7.32. The zero-order valence-electron chi connectivity index (χ0n) is 23.6. The Balaban J connectivity index is 1.56. The van der Waals surface area contributed by atoms with E-state index in [1.54, 1.807) is 0 Å².